The fourth-order valence-corrected chi connectivity index (χ4v) is 1.69. The normalized spacial score (nSPS) is 10.3. The predicted molar refractivity (Wildman–Crippen MR) is 70.4 cm³/mol. The summed E-state index contributed by atoms with van der Waals surface area (Å²) in [7, 11) is 0. The third-order valence-electron chi connectivity index (χ3n) is 2.78. The zero-order chi connectivity index (χ0) is 13.6. The molecule has 4 nitrogen and oxygen atoms in total. The molecule has 4 heteroatoms. The van der Waals surface area contributed by atoms with Gasteiger partial charge in [0.15, 0.2) is 0 Å². The highest BCUT2D eigenvalue weighted by molar-refractivity contribution is 5.69. The number of hydrogen-bond acceptors (Lipinski definition) is 3. The first-order valence-electron chi connectivity index (χ1n) is 7.04. The van der Waals surface area contributed by atoms with Crippen LogP contribution in [0.25, 0.3) is 0 Å². The highest BCUT2D eigenvalue weighted by Gasteiger charge is 2.01. The molecule has 0 amide bonds. The summed E-state index contributed by atoms with van der Waals surface area (Å²) < 4.78 is 5.10. The lowest BCUT2D eigenvalue weighted by molar-refractivity contribution is -0.144. The summed E-state index contributed by atoms with van der Waals surface area (Å²) in [4.78, 5) is 21.5. The second-order valence-corrected chi connectivity index (χ2v) is 4.59. The van der Waals surface area contributed by atoms with Crippen molar-refractivity contribution in [3.63, 3.8) is 0 Å². The highest BCUT2D eigenvalue weighted by Crippen LogP contribution is 2.06. The van der Waals surface area contributed by atoms with Crippen LogP contribution in [0.2, 0.25) is 0 Å². The highest BCUT2D eigenvalue weighted by atomic mass is 16.5. The summed E-state index contributed by atoms with van der Waals surface area (Å²) in [5.74, 6) is -0.815. The minimum Gasteiger partial charge on any atom is -0.481 e. The van der Waals surface area contributed by atoms with E-state index in [2.05, 4.69) is 6.92 Å². The van der Waals surface area contributed by atoms with E-state index in [1.807, 2.05) is 0 Å². The molecule has 0 fully saturated rings. The van der Waals surface area contributed by atoms with Gasteiger partial charge in [0.1, 0.15) is 0 Å². The van der Waals surface area contributed by atoms with Crippen molar-refractivity contribution < 1.29 is 19.4 Å². The summed E-state index contributed by atoms with van der Waals surface area (Å²) in [6.07, 6.45) is 8.49. The second kappa shape index (κ2) is 12.4. The van der Waals surface area contributed by atoms with Gasteiger partial charge >= 0.3 is 11.9 Å². The van der Waals surface area contributed by atoms with Gasteiger partial charge in [-0.15, -0.1) is 0 Å². The van der Waals surface area contributed by atoms with Gasteiger partial charge in [-0.05, 0) is 19.3 Å². The molecule has 0 aromatic rings. The van der Waals surface area contributed by atoms with E-state index < -0.39 is 5.97 Å². The maximum Gasteiger partial charge on any atom is 0.305 e. The Labute approximate surface area is 110 Å². The van der Waals surface area contributed by atoms with Crippen molar-refractivity contribution in [2.45, 2.75) is 71.1 Å². The molecule has 0 rings (SSSR count). The first kappa shape index (κ1) is 16.9. The molecular weight excluding hydrogens is 232 g/mol. The lowest BCUT2D eigenvalue weighted by Crippen LogP contribution is -2.05. The number of carbonyl (C=O) groups excluding carboxylic acids is 1. The molecule has 0 atom stereocenters. The Hall–Kier alpha value is -1.06. The van der Waals surface area contributed by atoms with Crippen LogP contribution >= 0.6 is 0 Å². The number of hydrogen-bond donors (Lipinski definition) is 1. The Morgan fingerprint density at radius 2 is 1.50 bits per heavy atom. The molecule has 0 aliphatic heterocycles. The van der Waals surface area contributed by atoms with Gasteiger partial charge in [-0.25, -0.2) is 0 Å². The van der Waals surface area contributed by atoms with Gasteiger partial charge in [-0.1, -0.05) is 39.0 Å². The first-order chi connectivity index (χ1) is 8.66. The number of carboxylic acid groups (broad SMARTS) is 1. The monoisotopic (exact) mass is 258 g/mol. The molecule has 0 aliphatic rings. The average molecular weight is 258 g/mol. The number of rotatable bonds is 12. The molecule has 0 unspecified atom stereocenters. The molecule has 0 bridgehead atoms. The number of ether oxygens (including phenoxy) is 1. The maximum absolute atomic E-state index is 11.2. The van der Waals surface area contributed by atoms with E-state index in [9.17, 15) is 9.59 Å². The SMILES string of the molecule is CCCCCC(=O)OCCCCCCCC(=O)O. The number of carboxylic acids is 1. The van der Waals surface area contributed by atoms with Crippen LogP contribution in [0.15, 0.2) is 0 Å². The van der Waals surface area contributed by atoms with Crippen LogP contribution in [0.5, 0.6) is 0 Å². The number of carbonyl (C=O) groups is 2. The quantitative estimate of drug-likeness (QED) is 0.429. The summed E-state index contributed by atoms with van der Waals surface area (Å²) in [5, 5.41) is 8.45. The Balaban J connectivity index is 3.15. The van der Waals surface area contributed by atoms with Gasteiger partial charge in [0.05, 0.1) is 6.61 Å². The Kier molecular flexibility index (Phi) is 11.7. The molecule has 0 spiro atoms. The Morgan fingerprint density at radius 1 is 0.889 bits per heavy atom. The molecule has 0 aromatic carbocycles. The van der Waals surface area contributed by atoms with E-state index in [0.29, 0.717) is 13.0 Å². The van der Waals surface area contributed by atoms with Gasteiger partial charge in [0.25, 0.3) is 0 Å². The summed E-state index contributed by atoms with van der Waals surface area (Å²) in [6.45, 7) is 2.61. The average Bonchev–Trinajstić information content (AvgIpc) is 2.32. The van der Waals surface area contributed by atoms with Gasteiger partial charge < -0.3 is 9.84 Å². The summed E-state index contributed by atoms with van der Waals surface area (Å²) in [6, 6.07) is 0. The molecular formula is C14H26O4. The van der Waals surface area contributed by atoms with E-state index in [-0.39, 0.29) is 12.4 Å². The molecule has 0 radical (unpaired) electrons. The van der Waals surface area contributed by atoms with Crippen molar-refractivity contribution >= 4 is 11.9 Å². The van der Waals surface area contributed by atoms with Crippen molar-refractivity contribution in [3.05, 3.63) is 0 Å². The molecule has 106 valence electrons. The van der Waals surface area contributed by atoms with E-state index in [0.717, 1.165) is 51.4 Å². The van der Waals surface area contributed by atoms with Crippen molar-refractivity contribution in [2.24, 2.45) is 0 Å². The van der Waals surface area contributed by atoms with Crippen LogP contribution in [0.3, 0.4) is 0 Å². The van der Waals surface area contributed by atoms with Crippen LogP contribution in [-0.4, -0.2) is 23.7 Å². The van der Waals surface area contributed by atoms with E-state index >= 15 is 0 Å². The fraction of sp³-hybridized carbons (Fsp3) is 0.857. The van der Waals surface area contributed by atoms with Crippen LogP contribution in [0.4, 0.5) is 0 Å². The number of unbranched alkanes of at least 4 members (excludes halogenated alkanes) is 6. The zero-order valence-electron chi connectivity index (χ0n) is 11.5. The largest absolute Gasteiger partial charge is 0.481 e. The standard InChI is InChI=1S/C14H26O4/c1-2-3-7-11-14(17)18-12-9-6-4-5-8-10-13(15)16/h2-12H2,1H3,(H,15,16). The van der Waals surface area contributed by atoms with E-state index in [4.69, 9.17) is 9.84 Å². The maximum atomic E-state index is 11.2. The van der Waals surface area contributed by atoms with Gasteiger partial charge in [0, 0.05) is 12.8 Å². The molecule has 0 saturated heterocycles. The van der Waals surface area contributed by atoms with Crippen molar-refractivity contribution in [2.75, 3.05) is 6.61 Å². The predicted octanol–water partition coefficient (Wildman–Crippen LogP) is 3.54. The van der Waals surface area contributed by atoms with Crippen LogP contribution in [0, 0.1) is 0 Å². The van der Waals surface area contributed by atoms with Gasteiger partial charge in [-0.2, -0.15) is 0 Å². The second-order valence-electron chi connectivity index (χ2n) is 4.59. The zero-order valence-corrected chi connectivity index (χ0v) is 11.5. The Bertz CT molecular complexity index is 226. The smallest absolute Gasteiger partial charge is 0.305 e. The lowest BCUT2D eigenvalue weighted by Gasteiger charge is -2.04. The summed E-state index contributed by atoms with van der Waals surface area (Å²) in [5.41, 5.74) is 0. The molecule has 18 heavy (non-hydrogen) atoms. The van der Waals surface area contributed by atoms with Crippen molar-refractivity contribution in [3.8, 4) is 0 Å². The summed E-state index contributed by atoms with van der Waals surface area (Å²) >= 11 is 0. The third-order valence-corrected chi connectivity index (χ3v) is 2.78. The minimum atomic E-state index is -0.726. The molecule has 1 N–H and O–H groups in total. The van der Waals surface area contributed by atoms with Gasteiger partial charge in [0.2, 0.25) is 0 Å². The van der Waals surface area contributed by atoms with Crippen molar-refractivity contribution in [1.29, 1.82) is 0 Å². The first-order valence-corrected chi connectivity index (χ1v) is 7.04. The van der Waals surface area contributed by atoms with Crippen molar-refractivity contribution in [1.82, 2.24) is 0 Å². The van der Waals surface area contributed by atoms with E-state index in [1.165, 1.54) is 0 Å². The lowest BCUT2D eigenvalue weighted by atomic mass is 10.1. The van der Waals surface area contributed by atoms with E-state index in [1.54, 1.807) is 0 Å². The number of aliphatic carboxylic acids is 1. The van der Waals surface area contributed by atoms with Crippen LogP contribution in [-0.2, 0) is 14.3 Å². The minimum absolute atomic E-state index is 0.0886. The molecule has 0 saturated carbocycles. The number of esters is 1. The Morgan fingerprint density at radius 3 is 2.17 bits per heavy atom. The fourth-order valence-electron chi connectivity index (χ4n) is 1.69. The molecule has 0 aliphatic carbocycles. The van der Waals surface area contributed by atoms with Crippen LogP contribution in [0.1, 0.15) is 71.1 Å². The topological polar surface area (TPSA) is 63.6 Å². The van der Waals surface area contributed by atoms with Crippen LogP contribution < -0.4 is 0 Å². The molecule has 0 aromatic heterocycles. The third kappa shape index (κ3) is 13.0. The van der Waals surface area contributed by atoms with Gasteiger partial charge in [-0.3, -0.25) is 9.59 Å². The molecule has 0 heterocycles.